The SMILES string of the molecule is CCNC(=NCc1ccco1)NCCOCCC(C)C. The van der Waals surface area contributed by atoms with Gasteiger partial charge in [-0.15, -0.1) is 0 Å². The van der Waals surface area contributed by atoms with Crippen LogP contribution in [0, 0.1) is 5.92 Å². The van der Waals surface area contributed by atoms with Gasteiger partial charge >= 0.3 is 0 Å². The highest BCUT2D eigenvalue weighted by Crippen LogP contribution is 2.01. The first kappa shape index (κ1) is 16.6. The van der Waals surface area contributed by atoms with Gasteiger partial charge in [-0.3, -0.25) is 0 Å². The summed E-state index contributed by atoms with van der Waals surface area (Å²) < 4.78 is 10.8. The number of aliphatic imine (C=N–C) groups is 1. The average molecular weight is 281 g/mol. The molecule has 0 atom stereocenters. The number of hydrogen-bond acceptors (Lipinski definition) is 3. The molecule has 0 spiro atoms. The van der Waals surface area contributed by atoms with Gasteiger partial charge in [-0.1, -0.05) is 13.8 Å². The maximum absolute atomic E-state index is 5.56. The Bertz CT molecular complexity index is 361. The van der Waals surface area contributed by atoms with Crippen LogP contribution in [0.3, 0.4) is 0 Å². The molecule has 5 heteroatoms. The fourth-order valence-corrected chi connectivity index (χ4v) is 1.56. The van der Waals surface area contributed by atoms with Crippen molar-refractivity contribution in [1.29, 1.82) is 0 Å². The second kappa shape index (κ2) is 10.3. The predicted molar refractivity (Wildman–Crippen MR) is 81.8 cm³/mol. The molecule has 0 aliphatic carbocycles. The zero-order chi connectivity index (χ0) is 14.6. The van der Waals surface area contributed by atoms with Crippen LogP contribution in [-0.2, 0) is 11.3 Å². The molecule has 0 saturated carbocycles. The van der Waals surface area contributed by atoms with E-state index in [0.29, 0.717) is 19.1 Å². The minimum atomic E-state index is 0.538. The molecule has 0 amide bonds. The highest BCUT2D eigenvalue weighted by molar-refractivity contribution is 5.79. The normalized spacial score (nSPS) is 11.9. The van der Waals surface area contributed by atoms with E-state index < -0.39 is 0 Å². The van der Waals surface area contributed by atoms with E-state index in [4.69, 9.17) is 9.15 Å². The summed E-state index contributed by atoms with van der Waals surface area (Å²) in [5.41, 5.74) is 0. The summed E-state index contributed by atoms with van der Waals surface area (Å²) in [5.74, 6) is 2.34. The van der Waals surface area contributed by atoms with Crippen molar-refractivity contribution >= 4 is 5.96 Å². The second-order valence-corrected chi connectivity index (χ2v) is 5.00. The van der Waals surface area contributed by atoms with Crippen molar-refractivity contribution in [2.24, 2.45) is 10.9 Å². The van der Waals surface area contributed by atoms with Crippen molar-refractivity contribution in [2.75, 3.05) is 26.3 Å². The molecule has 1 aromatic rings. The van der Waals surface area contributed by atoms with Crippen LogP contribution >= 0.6 is 0 Å². The van der Waals surface area contributed by atoms with Gasteiger partial charge < -0.3 is 19.8 Å². The lowest BCUT2D eigenvalue weighted by molar-refractivity contribution is 0.128. The van der Waals surface area contributed by atoms with E-state index in [-0.39, 0.29) is 0 Å². The third kappa shape index (κ3) is 7.84. The van der Waals surface area contributed by atoms with Gasteiger partial charge in [0, 0.05) is 19.7 Å². The number of ether oxygens (including phenoxy) is 1. The molecular formula is C15H27N3O2. The van der Waals surface area contributed by atoms with E-state index in [1.54, 1.807) is 6.26 Å². The Morgan fingerprint density at radius 1 is 1.35 bits per heavy atom. The quantitative estimate of drug-likeness (QED) is 0.414. The molecule has 0 radical (unpaired) electrons. The summed E-state index contributed by atoms with van der Waals surface area (Å²) in [6.45, 7) is 10.1. The minimum Gasteiger partial charge on any atom is -0.467 e. The Balaban J connectivity index is 2.19. The molecule has 0 saturated heterocycles. The van der Waals surface area contributed by atoms with E-state index in [2.05, 4.69) is 29.5 Å². The summed E-state index contributed by atoms with van der Waals surface area (Å²) in [6.07, 6.45) is 2.76. The predicted octanol–water partition coefficient (Wildman–Crippen LogP) is 2.40. The molecular weight excluding hydrogens is 254 g/mol. The summed E-state index contributed by atoms with van der Waals surface area (Å²) in [5, 5.41) is 6.44. The number of furan rings is 1. The van der Waals surface area contributed by atoms with Crippen LogP contribution < -0.4 is 10.6 Å². The lowest BCUT2D eigenvalue weighted by Crippen LogP contribution is -2.39. The highest BCUT2D eigenvalue weighted by Gasteiger charge is 1.99. The third-order valence-electron chi connectivity index (χ3n) is 2.70. The zero-order valence-corrected chi connectivity index (χ0v) is 12.8. The maximum atomic E-state index is 5.56. The molecule has 5 nitrogen and oxygen atoms in total. The van der Waals surface area contributed by atoms with Crippen LogP contribution in [0.1, 0.15) is 33.0 Å². The Hall–Kier alpha value is -1.49. The molecule has 2 N–H and O–H groups in total. The molecule has 0 unspecified atom stereocenters. The Kier molecular flexibility index (Phi) is 8.54. The molecule has 0 fully saturated rings. The van der Waals surface area contributed by atoms with Crippen LogP contribution in [0.15, 0.2) is 27.8 Å². The van der Waals surface area contributed by atoms with E-state index >= 15 is 0 Å². The number of nitrogens with zero attached hydrogens (tertiary/aromatic N) is 1. The first-order chi connectivity index (χ1) is 9.72. The standard InChI is InChI=1S/C15H27N3O2/c1-4-16-15(18-12-14-6-5-9-20-14)17-8-11-19-10-7-13(2)3/h5-6,9,13H,4,7-8,10-12H2,1-3H3,(H2,16,17,18). The summed E-state index contributed by atoms with van der Waals surface area (Å²) >= 11 is 0. The molecule has 1 aromatic heterocycles. The van der Waals surface area contributed by atoms with Gasteiger partial charge in [0.15, 0.2) is 5.96 Å². The van der Waals surface area contributed by atoms with E-state index in [1.807, 2.05) is 19.1 Å². The average Bonchev–Trinajstić information content (AvgIpc) is 2.92. The van der Waals surface area contributed by atoms with E-state index in [1.165, 1.54) is 0 Å². The van der Waals surface area contributed by atoms with Gasteiger partial charge in [0.1, 0.15) is 12.3 Å². The summed E-state index contributed by atoms with van der Waals surface area (Å²) in [4.78, 5) is 4.45. The fourth-order valence-electron chi connectivity index (χ4n) is 1.56. The smallest absolute Gasteiger partial charge is 0.191 e. The number of nitrogens with one attached hydrogen (secondary N) is 2. The van der Waals surface area contributed by atoms with Gasteiger partial charge in [0.2, 0.25) is 0 Å². The van der Waals surface area contributed by atoms with Crippen molar-refractivity contribution in [2.45, 2.75) is 33.7 Å². The fraction of sp³-hybridized carbons (Fsp3) is 0.667. The van der Waals surface area contributed by atoms with E-state index in [9.17, 15) is 0 Å². The monoisotopic (exact) mass is 281 g/mol. The topological polar surface area (TPSA) is 58.8 Å². The molecule has 20 heavy (non-hydrogen) atoms. The summed E-state index contributed by atoms with van der Waals surface area (Å²) in [6, 6.07) is 3.79. The van der Waals surface area contributed by atoms with Crippen LogP contribution in [-0.4, -0.2) is 32.3 Å². The Morgan fingerprint density at radius 3 is 2.85 bits per heavy atom. The van der Waals surface area contributed by atoms with Gasteiger partial charge in [-0.25, -0.2) is 4.99 Å². The lowest BCUT2D eigenvalue weighted by Gasteiger charge is -2.11. The van der Waals surface area contributed by atoms with Crippen molar-refractivity contribution in [3.63, 3.8) is 0 Å². The van der Waals surface area contributed by atoms with Crippen molar-refractivity contribution in [1.82, 2.24) is 10.6 Å². The van der Waals surface area contributed by atoms with Crippen molar-refractivity contribution in [3.8, 4) is 0 Å². The first-order valence-electron chi connectivity index (χ1n) is 7.34. The van der Waals surface area contributed by atoms with Gasteiger partial charge in [-0.05, 0) is 31.4 Å². The zero-order valence-electron chi connectivity index (χ0n) is 12.8. The number of hydrogen-bond donors (Lipinski definition) is 2. The maximum Gasteiger partial charge on any atom is 0.191 e. The molecule has 114 valence electrons. The van der Waals surface area contributed by atoms with Gasteiger partial charge in [0.05, 0.1) is 12.9 Å². The summed E-state index contributed by atoms with van der Waals surface area (Å²) in [7, 11) is 0. The molecule has 0 aliphatic heterocycles. The van der Waals surface area contributed by atoms with Crippen LogP contribution in [0.4, 0.5) is 0 Å². The first-order valence-corrected chi connectivity index (χ1v) is 7.34. The highest BCUT2D eigenvalue weighted by atomic mass is 16.5. The number of guanidine groups is 1. The lowest BCUT2D eigenvalue weighted by atomic mass is 10.1. The Labute approximate surface area is 121 Å². The van der Waals surface area contributed by atoms with E-state index in [0.717, 1.165) is 37.8 Å². The number of rotatable bonds is 9. The third-order valence-corrected chi connectivity index (χ3v) is 2.70. The Morgan fingerprint density at radius 2 is 2.20 bits per heavy atom. The molecule has 1 heterocycles. The molecule has 1 rings (SSSR count). The molecule has 0 aliphatic rings. The molecule has 0 aromatic carbocycles. The largest absolute Gasteiger partial charge is 0.467 e. The molecule has 0 bridgehead atoms. The van der Waals surface area contributed by atoms with Gasteiger partial charge in [-0.2, -0.15) is 0 Å². The second-order valence-electron chi connectivity index (χ2n) is 5.00. The van der Waals surface area contributed by atoms with Crippen molar-refractivity contribution < 1.29 is 9.15 Å². The van der Waals surface area contributed by atoms with Crippen LogP contribution in [0.25, 0.3) is 0 Å². The van der Waals surface area contributed by atoms with Crippen LogP contribution in [0.5, 0.6) is 0 Å². The van der Waals surface area contributed by atoms with Crippen molar-refractivity contribution in [3.05, 3.63) is 24.2 Å². The van der Waals surface area contributed by atoms with Crippen LogP contribution in [0.2, 0.25) is 0 Å². The van der Waals surface area contributed by atoms with Gasteiger partial charge in [0.25, 0.3) is 0 Å². The minimum absolute atomic E-state index is 0.538.